The average Bonchev–Trinajstić information content (AvgIpc) is 2.80. The summed E-state index contributed by atoms with van der Waals surface area (Å²) in [6, 6.07) is 0.530. The van der Waals surface area contributed by atoms with Gasteiger partial charge in [0.15, 0.2) is 0 Å². The van der Waals surface area contributed by atoms with Gasteiger partial charge >= 0.3 is 0 Å². The van der Waals surface area contributed by atoms with Gasteiger partial charge in [-0.15, -0.1) is 0 Å². The van der Waals surface area contributed by atoms with Crippen LogP contribution in [0, 0.1) is 11.3 Å². The molecule has 0 radical (unpaired) electrons. The fourth-order valence-electron chi connectivity index (χ4n) is 3.20. The molecule has 2 fully saturated rings. The molecule has 1 N–H and O–H groups in total. The van der Waals surface area contributed by atoms with Crippen molar-refractivity contribution in [3.63, 3.8) is 0 Å². The van der Waals surface area contributed by atoms with E-state index >= 15 is 0 Å². The third-order valence-corrected chi connectivity index (χ3v) is 4.63. The largest absolute Gasteiger partial charge is 0.326 e. The Labute approximate surface area is 105 Å². The van der Waals surface area contributed by atoms with E-state index in [-0.39, 0.29) is 6.04 Å². The maximum atomic E-state index is 12.4. The van der Waals surface area contributed by atoms with Crippen LogP contribution in [0.5, 0.6) is 0 Å². The Balaban J connectivity index is 1.99. The molecule has 0 aromatic heterocycles. The van der Waals surface area contributed by atoms with Gasteiger partial charge in [0.25, 0.3) is 0 Å². The lowest BCUT2D eigenvalue weighted by molar-refractivity contribution is -0.131. The first-order chi connectivity index (χ1) is 7.94. The number of rotatable bonds is 3. The Morgan fingerprint density at radius 1 is 1.53 bits per heavy atom. The van der Waals surface area contributed by atoms with Crippen molar-refractivity contribution < 1.29 is 4.79 Å². The van der Waals surface area contributed by atoms with Crippen LogP contribution >= 0.6 is 0 Å². The third kappa shape index (κ3) is 2.49. The normalized spacial score (nSPS) is 34.4. The number of nitrogens with zero attached hydrogens (tertiary/aromatic N) is 1. The average molecular weight is 238 g/mol. The number of hydrogen-bond acceptors (Lipinski definition) is 2. The van der Waals surface area contributed by atoms with Crippen LogP contribution in [-0.4, -0.2) is 29.6 Å². The van der Waals surface area contributed by atoms with Crippen LogP contribution in [0.25, 0.3) is 0 Å². The van der Waals surface area contributed by atoms with Crippen molar-refractivity contribution >= 4 is 5.91 Å². The first-order valence-corrected chi connectivity index (χ1v) is 6.98. The summed E-state index contributed by atoms with van der Waals surface area (Å²) in [6.07, 6.45) is 4.64. The number of carbonyl (C=O) groups is 1. The fraction of sp³-hybridized carbons (Fsp3) is 0.929. The van der Waals surface area contributed by atoms with Gasteiger partial charge < -0.3 is 4.90 Å². The van der Waals surface area contributed by atoms with E-state index in [0.29, 0.717) is 23.3 Å². The fourth-order valence-corrected chi connectivity index (χ4v) is 3.20. The molecule has 1 heterocycles. The molecular weight excluding hydrogens is 212 g/mol. The van der Waals surface area contributed by atoms with Crippen molar-refractivity contribution in [1.82, 2.24) is 10.2 Å². The predicted octanol–water partition coefficient (Wildman–Crippen LogP) is 2.37. The second kappa shape index (κ2) is 4.60. The van der Waals surface area contributed by atoms with E-state index in [2.05, 4.69) is 37.9 Å². The summed E-state index contributed by atoms with van der Waals surface area (Å²) in [5, 5.41) is 3.39. The molecule has 3 nitrogen and oxygen atoms in total. The van der Waals surface area contributed by atoms with Crippen LogP contribution in [0.1, 0.15) is 53.4 Å². The highest BCUT2D eigenvalue weighted by Gasteiger charge is 2.42. The molecule has 1 aliphatic carbocycles. The zero-order valence-electron chi connectivity index (χ0n) is 11.6. The van der Waals surface area contributed by atoms with Gasteiger partial charge in [0.2, 0.25) is 5.91 Å². The molecule has 0 aromatic carbocycles. The van der Waals surface area contributed by atoms with Crippen LogP contribution in [0.4, 0.5) is 0 Å². The van der Waals surface area contributed by atoms with E-state index in [1.807, 2.05) is 0 Å². The Morgan fingerprint density at radius 2 is 2.24 bits per heavy atom. The standard InChI is InChI=1S/C14H26N2O/c1-5-10(2)12-13(17)16(9-15-12)11-6-7-14(3,4)8-11/h10-12,15H,5-9H2,1-4H3. The van der Waals surface area contributed by atoms with Gasteiger partial charge in [-0.05, 0) is 30.6 Å². The molecular formula is C14H26N2O. The van der Waals surface area contributed by atoms with Crippen LogP contribution in [0.15, 0.2) is 0 Å². The van der Waals surface area contributed by atoms with E-state index in [1.165, 1.54) is 12.8 Å². The monoisotopic (exact) mass is 238 g/mol. The zero-order chi connectivity index (χ0) is 12.6. The van der Waals surface area contributed by atoms with Gasteiger partial charge in [0, 0.05) is 6.04 Å². The summed E-state index contributed by atoms with van der Waals surface area (Å²) in [5.74, 6) is 0.781. The number of nitrogens with one attached hydrogen (secondary N) is 1. The van der Waals surface area contributed by atoms with Crippen LogP contribution in [-0.2, 0) is 4.79 Å². The second-order valence-corrected chi connectivity index (χ2v) is 6.59. The highest BCUT2D eigenvalue weighted by atomic mass is 16.2. The molecule has 1 saturated carbocycles. The predicted molar refractivity (Wildman–Crippen MR) is 69.5 cm³/mol. The van der Waals surface area contributed by atoms with Crippen molar-refractivity contribution in [3.8, 4) is 0 Å². The summed E-state index contributed by atoms with van der Waals surface area (Å²) < 4.78 is 0. The lowest BCUT2D eigenvalue weighted by Crippen LogP contribution is -2.39. The summed E-state index contributed by atoms with van der Waals surface area (Å²) >= 11 is 0. The van der Waals surface area contributed by atoms with Crippen molar-refractivity contribution in [2.75, 3.05) is 6.67 Å². The van der Waals surface area contributed by atoms with Gasteiger partial charge in [0.05, 0.1) is 12.7 Å². The summed E-state index contributed by atoms with van der Waals surface area (Å²) in [6.45, 7) is 9.70. The summed E-state index contributed by atoms with van der Waals surface area (Å²) in [7, 11) is 0. The number of hydrogen-bond donors (Lipinski definition) is 1. The van der Waals surface area contributed by atoms with Crippen molar-refractivity contribution in [2.24, 2.45) is 11.3 Å². The molecule has 1 saturated heterocycles. The van der Waals surface area contributed by atoms with Crippen molar-refractivity contribution in [2.45, 2.75) is 65.5 Å². The Kier molecular flexibility index (Phi) is 3.48. The number of amides is 1. The molecule has 3 unspecified atom stereocenters. The molecule has 17 heavy (non-hydrogen) atoms. The SMILES string of the molecule is CCC(C)C1NCN(C2CCC(C)(C)C2)C1=O. The minimum Gasteiger partial charge on any atom is -0.326 e. The lowest BCUT2D eigenvalue weighted by atomic mass is 9.91. The molecule has 3 atom stereocenters. The molecule has 1 amide bonds. The second-order valence-electron chi connectivity index (χ2n) is 6.59. The minimum absolute atomic E-state index is 0.0590. The Morgan fingerprint density at radius 3 is 2.76 bits per heavy atom. The molecule has 1 aliphatic heterocycles. The smallest absolute Gasteiger partial charge is 0.241 e. The topological polar surface area (TPSA) is 32.3 Å². The van der Waals surface area contributed by atoms with Gasteiger partial charge in [-0.2, -0.15) is 0 Å². The van der Waals surface area contributed by atoms with Crippen LogP contribution < -0.4 is 5.32 Å². The highest BCUT2D eigenvalue weighted by Crippen LogP contribution is 2.40. The van der Waals surface area contributed by atoms with Crippen molar-refractivity contribution in [3.05, 3.63) is 0 Å². The zero-order valence-corrected chi connectivity index (χ0v) is 11.6. The molecule has 2 rings (SSSR count). The molecule has 0 bridgehead atoms. The van der Waals surface area contributed by atoms with E-state index in [0.717, 1.165) is 19.5 Å². The van der Waals surface area contributed by atoms with Gasteiger partial charge in [-0.1, -0.05) is 34.1 Å². The quantitative estimate of drug-likeness (QED) is 0.818. The maximum Gasteiger partial charge on any atom is 0.241 e. The van der Waals surface area contributed by atoms with Crippen LogP contribution in [0.2, 0.25) is 0 Å². The van der Waals surface area contributed by atoms with E-state index < -0.39 is 0 Å². The van der Waals surface area contributed by atoms with Gasteiger partial charge in [0.1, 0.15) is 0 Å². The van der Waals surface area contributed by atoms with Crippen LogP contribution in [0.3, 0.4) is 0 Å². The van der Waals surface area contributed by atoms with Gasteiger partial charge in [-0.25, -0.2) is 0 Å². The van der Waals surface area contributed by atoms with E-state index in [9.17, 15) is 4.79 Å². The van der Waals surface area contributed by atoms with E-state index in [1.54, 1.807) is 0 Å². The Bertz CT molecular complexity index is 301. The maximum absolute atomic E-state index is 12.4. The molecule has 0 aromatic rings. The molecule has 98 valence electrons. The summed E-state index contributed by atoms with van der Waals surface area (Å²) in [4.78, 5) is 14.5. The minimum atomic E-state index is 0.0590. The first kappa shape index (κ1) is 12.9. The molecule has 2 aliphatic rings. The van der Waals surface area contributed by atoms with Crippen molar-refractivity contribution in [1.29, 1.82) is 0 Å². The number of carbonyl (C=O) groups excluding carboxylic acids is 1. The van der Waals surface area contributed by atoms with Gasteiger partial charge in [-0.3, -0.25) is 10.1 Å². The third-order valence-electron chi connectivity index (χ3n) is 4.63. The highest BCUT2D eigenvalue weighted by molar-refractivity contribution is 5.84. The Hall–Kier alpha value is -0.570. The summed E-state index contributed by atoms with van der Waals surface area (Å²) in [5.41, 5.74) is 0.416. The van der Waals surface area contributed by atoms with E-state index in [4.69, 9.17) is 0 Å². The lowest BCUT2D eigenvalue weighted by Gasteiger charge is -2.25. The first-order valence-electron chi connectivity index (χ1n) is 6.98. The molecule has 3 heteroatoms. The molecule has 0 spiro atoms.